The van der Waals surface area contributed by atoms with Crippen LogP contribution in [0.4, 0.5) is 0 Å². The lowest BCUT2D eigenvalue weighted by atomic mass is 10.1. The van der Waals surface area contributed by atoms with Crippen LogP contribution in [0.3, 0.4) is 0 Å². The Hall–Kier alpha value is -0.160. The molecule has 4 heteroatoms. The van der Waals surface area contributed by atoms with Gasteiger partial charge in [-0.25, -0.2) is 0 Å². The van der Waals surface area contributed by atoms with Gasteiger partial charge < -0.3 is 20.9 Å². The van der Waals surface area contributed by atoms with Crippen LogP contribution in [-0.4, -0.2) is 63.3 Å². The van der Waals surface area contributed by atoms with E-state index in [9.17, 15) is 0 Å². The topological polar surface area (TPSA) is 39.3 Å². The lowest BCUT2D eigenvalue weighted by Gasteiger charge is -2.27. The second-order valence-corrected chi connectivity index (χ2v) is 5.73. The van der Waals surface area contributed by atoms with Gasteiger partial charge in [0, 0.05) is 37.8 Å². The van der Waals surface area contributed by atoms with Crippen LogP contribution < -0.4 is 16.0 Å². The zero-order valence-corrected chi connectivity index (χ0v) is 14.6. The van der Waals surface area contributed by atoms with Gasteiger partial charge in [0.2, 0.25) is 0 Å². The molecule has 2 saturated heterocycles. The summed E-state index contributed by atoms with van der Waals surface area (Å²) in [5.41, 5.74) is 0. The predicted molar refractivity (Wildman–Crippen MR) is 90.5 cm³/mol. The van der Waals surface area contributed by atoms with Crippen molar-refractivity contribution < 1.29 is 0 Å². The Balaban J connectivity index is 0.000000327. The Morgan fingerprint density at radius 3 is 2.00 bits per heavy atom. The van der Waals surface area contributed by atoms with Gasteiger partial charge in [-0.1, -0.05) is 20.3 Å². The van der Waals surface area contributed by atoms with E-state index >= 15 is 0 Å². The van der Waals surface area contributed by atoms with Crippen LogP contribution in [0.1, 0.15) is 47.0 Å². The summed E-state index contributed by atoms with van der Waals surface area (Å²) >= 11 is 0. The lowest BCUT2D eigenvalue weighted by molar-refractivity contribution is 0.317. The fraction of sp³-hybridized carbons (Fsp3) is 1.00. The van der Waals surface area contributed by atoms with Crippen LogP contribution in [0.25, 0.3) is 0 Å². The molecule has 0 aliphatic carbocycles. The van der Waals surface area contributed by atoms with Crippen LogP contribution in [0.2, 0.25) is 0 Å². The minimum absolute atomic E-state index is 0.642. The molecule has 20 heavy (non-hydrogen) atoms. The normalized spacial score (nSPS) is 31.2. The zero-order valence-electron chi connectivity index (χ0n) is 14.6. The highest BCUT2D eigenvalue weighted by atomic mass is 15.1. The van der Waals surface area contributed by atoms with E-state index in [1.165, 1.54) is 32.4 Å². The predicted octanol–water partition coefficient (Wildman–Crippen LogP) is 1.67. The number of hydrogen-bond donors (Lipinski definition) is 3. The highest BCUT2D eigenvalue weighted by molar-refractivity contribution is 4.79. The highest BCUT2D eigenvalue weighted by Gasteiger charge is 2.13. The van der Waals surface area contributed by atoms with E-state index < -0.39 is 0 Å². The van der Waals surface area contributed by atoms with E-state index in [-0.39, 0.29) is 0 Å². The third kappa shape index (κ3) is 8.90. The molecule has 2 aliphatic rings. The molecule has 0 aromatic rings. The largest absolute Gasteiger partial charge is 0.316 e. The molecule has 0 saturated carbocycles. The number of likely N-dealkylation sites (N-methyl/N-ethyl adjacent to an activating group) is 2. The van der Waals surface area contributed by atoms with Crippen molar-refractivity contribution in [3.63, 3.8) is 0 Å². The molecule has 2 fully saturated rings. The molecule has 0 bridgehead atoms. The second kappa shape index (κ2) is 12.6. The maximum Gasteiger partial charge on any atom is 0.0191 e. The first-order valence-corrected chi connectivity index (χ1v) is 8.46. The van der Waals surface area contributed by atoms with Gasteiger partial charge in [-0.3, -0.25) is 0 Å². The van der Waals surface area contributed by atoms with Crippen LogP contribution in [0, 0.1) is 0 Å². The van der Waals surface area contributed by atoms with Gasteiger partial charge >= 0.3 is 0 Å². The summed E-state index contributed by atoms with van der Waals surface area (Å²) in [6.07, 6.45) is 4.10. The number of nitrogens with one attached hydrogen (secondary N) is 3. The first kappa shape index (κ1) is 19.8. The summed E-state index contributed by atoms with van der Waals surface area (Å²) in [5, 5.41) is 10.1. The van der Waals surface area contributed by atoms with Crippen molar-refractivity contribution in [3.8, 4) is 0 Å². The third-order valence-electron chi connectivity index (χ3n) is 4.09. The van der Waals surface area contributed by atoms with Crippen LogP contribution in [0.5, 0.6) is 0 Å². The van der Waals surface area contributed by atoms with Gasteiger partial charge in [0.25, 0.3) is 0 Å². The Morgan fingerprint density at radius 2 is 1.55 bits per heavy atom. The average molecular weight is 287 g/mol. The van der Waals surface area contributed by atoms with Crippen molar-refractivity contribution in [1.29, 1.82) is 0 Å². The van der Waals surface area contributed by atoms with Crippen molar-refractivity contribution in [2.75, 3.05) is 40.3 Å². The minimum Gasteiger partial charge on any atom is -0.316 e. The summed E-state index contributed by atoms with van der Waals surface area (Å²) in [4.78, 5) is 2.41. The Bertz CT molecular complexity index is 201. The number of piperazine rings is 1. The van der Waals surface area contributed by atoms with Gasteiger partial charge in [-0.2, -0.15) is 0 Å². The molecule has 4 nitrogen and oxygen atoms in total. The molecule has 2 heterocycles. The quantitative estimate of drug-likeness (QED) is 0.686. The van der Waals surface area contributed by atoms with Crippen molar-refractivity contribution in [3.05, 3.63) is 0 Å². The van der Waals surface area contributed by atoms with Crippen LogP contribution >= 0.6 is 0 Å². The smallest absolute Gasteiger partial charge is 0.0191 e. The first-order chi connectivity index (χ1) is 9.63. The minimum atomic E-state index is 0.642. The number of hydrogen-bond acceptors (Lipinski definition) is 4. The fourth-order valence-electron chi connectivity index (χ4n) is 2.52. The first-order valence-electron chi connectivity index (χ1n) is 8.46. The van der Waals surface area contributed by atoms with Crippen molar-refractivity contribution >= 4 is 0 Å². The van der Waals surface area contributed by atoms with Gasteiger partial charge in [0.1, 0.15) is 0 Å². The molecule has 3 unspecified atom stereocenters. The summed E-state index contributed by atoms with van der Waals surface area (Å²) in [6.45, 7) is 13.1. The maximum absolute atomic E-state index is 3.37. The van der Waals surface area contributed by atoms with Crippen molar-refractivity contribution in [2.45, 2.75) is 65.1 Å². The van der Waals surface area contributed by atoms with E-state index in [1.54, 1.807) is 0 Å². The molecule has 0 amide bonds. The van der Waals surface area contributed by atoms with Crippen LogP contribution in [-0.2, 0) is 0 Å². The summed E-state index contributed by atoms with van der Waals surface area (Å²) in [6, 6.07) is 2.01. The van der Waals surface area contributed by atoms with E-state index in [1.807, 2.05) is 13.8 Å². The highest BCUT2D eigenvalue weighted by Crippen LogP contribution is 2.07. The molecule has 2 rings (SSSR count). The molecule has 0 radical (unpaired) electrons. The second-order valence-electron chi connectivity index (χ2n) is 5.73. The number of rotatable bonds is 1. The molecule has 3 N–H and O–H groups in total. The van der Waals surface area contributed by atoms with Gasteiger partial charge in [-0.05, 0) is 47.3 Å². The Kier molecular flexibility index (Phi) is 12.5. The van der Waals surface area contributed by atoms with Gasteiger partial charge in [0.05, 0.1) is 0 Å². The van der Waals surface area contributed by atoms with Crippen molar-refractivity contribution in [2.24, 2.45) is 0 Å². The van der Waals surface area contributed by atoms with Gasteiger partial charge in [0.15, 0.2) is 0 Å². The summed E-state index contributed by atoms with van der Waals surface area (Å²) in [7, 11) is 4.26. The number of likely N-dealkylation sites (tertiary alicyclic amines) is 1. The molecule has 2 aliphatic heterocycles. The molecular weight excluding hydrogens is 248 g/mol. The molecule has 3 atom stereocenters. The summed E-state index contributed by atoms with van der Waals surface area (Å²) < 4.78 is 0. The van der Waals surface area contributed by atoms with E-state index in [0.29, 0.717) is 12.1 Å². The van der Waals surface area contributed by atoms with Gasteiger partial charge in [-0.15, -0.1) is 0 Å². The van der Waals surface area contributed by atoms with E-state index in [4.69, 9.17) is 0 Å². The Morgan fingerprint density at radius 1 is 1.00 bits per heavy atom. The van der Waals surface area contributed by atoms with E-state index in [0.717, 1.165) is 19.1 Å². The standard InChI is InChI=1S/C8H18N2.C6H14N2.C2H6/c1-9-8-5-3-4-6-10(2)7-8;1-5-6(2)8-4-3-7-5;1-2/h8-9H,3-7H2,1-2H3;5-8H,3-4H2,1-2H3;1-2H3. The lowest BCUT2D eigenvalue weighted by Crippen LogP contribution is -2.52. The summed E-state index contributed by atoms with van der Waals surface area (Å²) in [5.74, 6) is 0. The molecular formula is C16H38N4. The molecule has 0 aromatic heterocycles. The Labute approximate surface area is 127 Å². The molecule has 0 spiro atoms. The molecule has 0 aromatic carbocycles. The molecule has 122 valence electrons. The fourth-order valence-corrected chi connectivity index (χ4v) is 2.52. The average Bonchev–Trinajstić information content (AvgIpc) is 2.69. The zero-order chi connectivity index (χ0) is 15.4. The van der Waals surface area contributed by atoms with Crippen molar-refractivity contribution in [1.82, 2.24) is 20.9 Å². The number of nitrogens with zero attached hydrogens (tertiary/aromatic N) is 1. The monoisotopic (exact) mass is 286 g/mol. The SMILES string of the molecule is CC.CC1NCCNC1C.CNC1CCCCN(C)C1. The third-order valence-corrected chi connectivity index (χ3v) is 4.09. The van der Waals surface area contributed by atoms with E-state index in [2.05, 4.69) is 48.8 Å². The maximum atomic E-state index is 3.37. The van der Waals surface area contributed by atoms with Crippen LogP contribution in [0.15, 0.2) is 0 Å².